The first-order valence-corrected chi connectivity index (χ1v) is 6.47. The summed E-state index contributed by atoms with van der Waals surface area (Å²) >= 11 is 0. The van der Waals surface area contributed by atoms with Gasteiger partial charge in [0.15, 0.2) is 0 Å². The number of rotatable bonds is 8. The number of benzene rings is 1. The number of unbranched alkanes of at least 4 members (excludes halogenated alkanes) is 1. The molecule has 0 saturated carbocycles. The zero-order valence-electron chi connectivity index (χ0n) is 11.1. The van der Waals surface area contributed by atoms with E-state index in [2.05, 4.69) is 29.4 Å². The van der Waals surface area contributed by atoms with E-state index in [0.29, 0.717) is 13.0 Å². The zero-order chi connectivity index (χ0) is 13.2. The van der Waals surface area contributed by atoms with Crippen molar-refractivity contribution < 1.29 is 4.79 Å². The number of amides is 1. The monoisotopic (exact) mass is 249 g/mol. The molecule has 0 atom stereocenters. The maximum atomic E-state index is 11.2. The molecule has 1 aromatic carbocycles. The molecule has 0 heterocycles. The largest absolute Gasteiger partial charge is 0.375 e. The Bertz CT molecular complexity index is 340. The number of hydrogen-bond acceptors (Lipinski definition) is 3. The highest BCUT2D eigenvalue weighted by atomic mass is 16.1. The second-order valence-electron chi connectivity index (χ2n) is 4.35. The molecule has 0 aliphatic heterocycles. The molecule has 4 heteroatoms. The summed E-state index contributed by atoms with van der Waals surface area (Å²) in [6.45, 7) is 2.15. The van der Waals surface area contributed by atoms with Crippen molar-refractivity contribution in [2.75, 3.05) is 31.6 Å². The Balaban J connectivity index is 2.09. The van der Waals surface area contributed by atoms with Gasteiger partial charge in [-0.1, -0.05) is 18.2 Å². The number of nitrogens with two attached hydrogens (primary N) is 1. The molecule has 3 N–H and O–H groups in total. The number of carbonyl (C=O) groups excluding carboxylic acids is 1. The van der Waals surface area contributed by atoms with Crippen molar-refractivity contribution in [2.24, 2.45) is 5.73 Å². The van der Waals surface area contributed by atoms with Gasteiger partial charge in [-0.15, -0.1) is 0 Å². The van der Waals surface area contributed by atoms with Crippen molar-refractivity contribution in [3.05, 3.63) is 30.3 Å². The summed E-state index contributed by atoms with van der Waals surface area (Å²) in [6.07, 6.45) is 2.48. The van der Waals surface area contributed by atoms with Crippen LogP contribution >= 0.6 is 0 Å². The Morgan fingerprint density at radius 2 is 2.00 bits per heavy atom. The van der Waals surface area contributed by atoms with Crippen LogP contribution in [-0.4, -0.2) is 32.6 Å². The molecular formula is C14H23N3O. The van der Waals surface area contributed by atoms with E-state index in [1.165, 1.54) is 5.69 Å². The number of hydrogen-bond donors (Lipinski definition) is 2. The highest BCUT2D eigenvalue weighted by Gasteiger charge is 2.00. The van der Waals surface area contributed by atoms with Gasteiger partial charge in [0.05, 0.1) is 0 Å². The normalized spacial score (nSPS) is 10.1. The number of carbonyl (C=O) groups is 1. The third kappa shape index (κ3) is 5.68. The topological polar surface area (TPSA) is 58.4 Å². The molecule has 18 heavy (non-hydrogen) atoms. The van der Waals surface area contributed by atoms with Crippen molar-refractivity contribution in [2.45, 2.75) is 19.3 Å². The average Bonchev–Trinajstić information content (AvgIpc) is 2.39. The minimum Gasteiger partial charge on any atom is -0.375 e. The first-order valence-electron chi connectivity index (χ1n) is 6.47. The SMILES string of the molecule is CN(CCCCNC(=O)CCN)c1ccccc1. The summed E-state index contributed by atoms with van der Waals surface area (Å²) in [5, 5.41) is 2.86. The van der Waals surface area contributed by atoms with Gasteiger partial charge in [0.2, 0.25) is 5.91 Å². The highest BCUT2D eigenvalue weighted by molar-refractivity contribution is 5.75. The molecule has 1 amide bonds. The number of nitrogens with one attached hydrogen (secondary N) is 1. The predicted octanol–water partition coefficient (Wildman–Crippen LogP) is 1.37. The zero-order valence-corrected chi connectivity index (χ0v) is 11.1. The van der Waals surface area contributed by atoms with Crippen LogP contribution in [0.4, 0.5) is 5.69 Å². The summed E-state index contributed by atoms with van der Waals surface area (Å²) in [4.78, 5) is 13.4. The first kappa shape index (κ1) is 14.5. The van der Waals surface area contributed by atoms with Gasteiger partial charge in [-0.25, -0.2) is 0 Å². The van der Waals surface area contributed by atoms with Crippen LogP contribution in [0.2, 0.25) is 0 Å². The Morgan fingerprint density at radius 3 is 2.67 bits per heavy atom. The summed E-state index contributed by atoms with van der Waals surface area (Å²) in [7, 11) is 2.09. The maximum absolute atomic E-state index is 11.2. The van der Waals surface area contributed by atoms with Crippen molar-refractivity contribution in [1.29, 1.82) is 0 Å². The molecule has 0 aliphatic rings. The van der Waals surface area contributed by atoms with Crippen LogP contribution in [0.15, 0.2) is 30.3 Å². The molecular weight excluding hydrogens is 226 g/mol. The number of anilines is 1. The minimum atomic E-state index is 0.0499. The fourth-order valence-corrected chi connectivity index (χ4v) is 1.73. The lowest BCUT2D eigenvalue weighted by molar-refractivity contribution is -0.120. The summed E-state index contributed by atoms with van der Waals surface area (Å²) in [5.41, 5.74) is 6.52. The van der Waals surface area contributed by atoms with Gasteiger partial charge >= 0.3 is 0 Å². The summed E-state index contributed by atoms with van der Waals surface area (Å²) < 4.78 is 0. The lowest BCUT2D eigenvalue weighted by atomic mass is 10.2. The van der Waals surface area contributed by atoms with Gasteiger partial charge in [-0.3, -0.25) is 4.79 Å². The molecule has 100 valence electrons. The van der Waals surface area contributed by atoms with Gasteiger partial charge in [0, 0.05) is 38.8 Å². The lowest BCUT2D eigenvalue weighted by Crippen LogP contribution is -2.27. The fraction of sp³-hybridized carbons (Fsp3) is 0.500. The third-order valence-electron chi connectivity index (χ3n) is 2.81. The Labute approximate surface area is 109 Å². The van der Waals surface area contributed by atoms with Gasteiger partial charge in [-0.2, -0.15) is 0 Å². The van der Waals surface area contributed by atoms with Crippen molar-refractivity contribution in [1.82, 2.24) is 5.32 Å². The second kappa shape index (κ2) is 8.53. The molecule has 0 spiro atoms. The van der Waals surface area contributed by atoms with Crippen LogP contribution in [0.5, 0.6) is 0 Å². The smallest absolute Gasteiger partial charge is 0.221 e. The van der Waals surface area contributed by atoms with Crippen LogP contribution in [0.1, 0.15) is 19.3 Å². The van der Waals surface area contributed by atoms with Gasteiger partial charge in [0.25, 0.3) is 0 Å². The van der Waals surface area contributed by atoms with E-state index in [4.69, 9.17) is 5.73 Å². The van der Waals surface area contributed by atoms with Gasteiger partial charge < -0.3 is 16.0 Å². The van der Waals surface area contributed by atoms with Crippen LogP contribution in [0, 0.1) is 0 Å². The van der Waals surface area contributed by atoms with Crippen LogP contribution in [-0.2, 0) is 4.79 Å². The van der Waals surface area contributed by atoms with E-state index in [1.54, 1.807) is 0 Å². The van der Waals surface area contributed by atoms with Crippen LogP contribution in [0.25, 0.3) is 0 Å². The standard InChI is InChI=1S/C14H23N3O/c1-17(13-7-3-2-4-8-13)12-6-5-11-16-14(18)9-10-15/h2-4,7-8H,5-6,9-12,15H2,1H3,(H,16,18). The molecule has 0 saturated heterocycles. The average molecular weight is 249 g/mol. The van der Waals surface area contributed by atoms with Crippen molar-refractivity contribution in [3.63, 3.8) is 0 Å². The molecule has 0 unspecified atom stereocenters. The highest BCUT2D eigenvalue weighted by Crippen LogP contribution is 2.11. The van der Waals surface area contributed by atoms with E-state index in [0.717, 1.165) is 25.9 Å². The Morgan fingerprint density at radius 1 is 1.28 bits per heavy atom. The molecule has 4 nitrogen and oxygen atoms in total. The van der Waals surface area contributed by atoms with Crippen molar-refractivity contribution >= 4 is 11.6 Å². The molecule has 0 radical (unpaired) electrons. The molecule has 0 aromatic heterocycles. The summed E-state index contributed by atoms with van der Waals surface area (Å²) in [5.74, 6) is 0.0499. The van der Waals surface area contributed by atoms with E-state index in [9.17, 15) is 4.79 Å². The minimum absolute atomic E-state index is 0.0499. The van der Waals surface area contributed by atoms with Crippen LogP contribution in [0.3, 0.4) is 0 Å². The van der Waals surface area contributed by atoms with E-state index in [1.807, 2.05) is 18.2 Å². The summed E-state index contributed by atoms with van der Waals surface area (Å²) in [6, 6.07) is 10.3. The Kier molecular flexibility index (Phi) is 6.87. The third-order valence-corrected chi connectivity index (χ3v) is 2.81. The second-order valence-corrected chi connectivity index (χ2v) is 4.35. The number of nitrogens with zero attached hydrogens (tertiary/aromatic N) is 1. The molecule has 0 aliphatic carbocycles. The van der Waals surface area contributed by atoms with E-state index >= 15 is 0 Å². The Hall–Kier alpha value is -1.55. The molecule has 1 aromatic rings. The molecule has 1 rings (SSSR count). The molecule has 0 bridgehead atoms. The lowest BCUT2D eigenvalue weighted by Gasteiger charge is -2.19. The van der Waals surface area contributed by atoms with Gasteiger partial charge in [0.1, 0.15) is 0 Å². The van der Waals surface area contributed by atoms with Gasteiger partial charge in [-0.05, 0) is 25.0 Å². The maximum Gasteiger partial charge on any atom is 0.221 e. The van der Waals surface area contributed by atoms with Crippen LogP contribution < -0.4 is 16.0 Å². The van der Waals surface area contributed by atoms with E-state index in [-0.39, 0.29) is 5.91 Å². The number of para-hydroxylation sites is 1. The predicted molar refractivity (Wildman–Crippen MR) is 75.6 cm³/mol. The van der Waals surface area contributed by atoms with E-state index < -0.39 is 0 Å². The quantitative estimate of drug-likeness (QED) is 0.684. The van der Waals surface area contributed by atoms with Crippen molar-refractivity contribution in [3.8, 4) is 0 Å². The molecule has 0 fully saturated rings. The fourth-order valence-electron chi connectivity index (χ4n) is 1.73. The first-order chi connectivity index (χ1) is 8.74.